The van der Waals surface area contributed by atoms with E-state index in [4.69, 9.17) is 9.47 Å². The molecule has 0 aromatic heterocycles. The molecule has 3 rings (SSSR count). The molecule has 138 valence electrons. The summed E-state index contributed by atoms with van der Waals surface area (Å²) in [5.41, 5.74) is 4.42. The summed E-state index contributed by atoms with van der Waals surface area (Å²) in [5, 5.41) is 2.88. The maximum absolute atomic E-state index is 12.1. The van der Waals surface area contributed by atoms with E-state index in [1.54, 1.807) is 0 Å². The molecule has 1 aliphatic heterocycles. The molecule has 5 heteroatoms. The Morgan fingerprint density at radius 1 is 1.08 bits per heavy atom. The lowest BCUT2D eigenvalue weighted by molar-refractivity contribution is -0.921. The average Bonchev–Trinajstić information content (AvgIpc) is 2.65. The van der Waals surface area contributed by atoms with Crippen molar-refractivity contribution in [3.63, 3.8) is 0 Å². The lowest BCUT2D eigenvalue weighted by Crippen LogP contribution is -3.12. The van der Waals surface area contributed by atoms with Gasteiger partial charge in [-0.1, -0.05) is 18.2 Å². The van der Waals surface area contributed by atoms with Gasteiger partial charge in [0.25, 0.3) is 5.91 Å². The van der Waals surface area contributed by atoms with Gasteiger partial charge in [-0.2, -0.15) is 0 Å². The smallest absolute Gasteiger partial charge is 0.262 e. The highest BCUT2D eigenvalue weighted by atomic mass is 16.5. The van der Waals surface area contributed by atoms with E-state index < -0.39 is 0 Å². The van der Waals surface area contributed by atoms with E-state index >= 15 is 0 Å². The van der Waals surface area contributed by atoms with Gasteiger partial charge in [0, 0.05) is 11.3 Å². The fourth-order valence-electron chi connectivity index (χ4n) is 2.98. The maximum atomic E-state index is 12.1. The quantitative estimate of drug-likeness (QED) is 0.830. The topological polar surface area (TPSA) is 52.0 Å². The van der Waals surface area contributed by atoms with Crippen LogP contribution in [0.25, 0.3) is 0 Å². The Morgan fingerprint density at radius 2 is 1.81 bits per heavy atom. The van der Waals surface area contributed by atoms with Gasteiger partial charge in [-0.3, -0.25) is 4.79 Å². The summed E-state index contributed by atoms with van der Waals surface area (Å²) in [7, 11) is 0. The predicted octanol–water partition coefficient (Wildman–Crippen LogP) is 1.74. The number of amides is 1. The second-order valence-corrected chi connectivity index (χ2v) is 6.82. The molecule has 0 aliphatic carbocycles. The molecule has 1 heterocycles. The van der Waals surface area contributed by atoms with E-state index in [0.29, 0.717) is 5.75 Å². The maximum Gasteiger partial charge on any atom is 0.262 e. The van der Waals surface area contributed by atoms with Crippen LogP contribution < -0.4 is 15.0 Å². The highest BCUT2D eigenvalue weighted by Gasteiger charge is 2.14. The monoisotopic (exact) mass is 355 g/mol. The minimum atomic E-state index is -0.158. The Bertz CT molecular complexity index is 737. The SMILES string of the molecule is Cc1ccc(OCC(=O)Nc2ccc(C[NH+]3CCOCC3)cc2)cc1C. The third-order valence-corrected chi connectivity index (χ3v) is 4.74. The van der Waals surface area contributed by atoms with Crippen molar-refractivity contribution in [1.82, 2.24) is 0 Å². The summed E-state index contributed by atoms with van der Waals surface area (Å²) >= 11 is 0. The number of aryl methyl sites for hydroxylation is 2. The number of carbonyl (C=O) groups excluding carboxylic acids is 1. The molecule has 26 heavy (non-hydrogen) atoms. The normalized spacial score (nSPS) is 14.8. The van der Waals surface area contributed by atoms with Gasteiger partial charge in [0.2, 0.25) is 0 Å². The van der Waals surface area contributed by atoms with Crippen LogP contribution >= 0.6 is 0 Å². The standard InChI is InChI=1S/C21H26N2O3/c1-16-3-8-20(13-17(16)2)26-15-21(24)22-19-6-4-18(5-7-19)14-23-9-11-25-12-10-23/h3-8,13H,9-12,14-15H2,1-2H3,(H,22,24)/p+1. The lowest BCUT2D eigenvalue weighted by Gasteiger charge is -2.23. The molecule has 5 nitrogen and oxygen atoms in total. The Kier molecular flexibility index (Phi) is 6.26. The van der Waals surface area contributed by atoms with Crippen LogP contribution in [-0.2, 0) is 16.1 Å². The third-order valence-electron chi connectivity index (χ3n) is 4.74. The molecule has 0 atom stereocenters. The Hall–Kier alpha value is -2.37. The van der Waals surface area contributed by atoms with E-state index in [2.05, 4.69) is 24.4 Å². The van der Waals surface area contributed by atoms with Gasteiger partial charge in [0.15, 0.2) is 6.61 Å². The summed E-state index contributed by atoms with van der Waals surface area (Å²) in [6, 6.07) is 13.9. The number of hydrogen-bond donors (Lipinski definition) is 2. The molecule has 1 aliphatic rings. The van der Waals surface area contributed by atoms with E-state index in [1.165, 1.54) is 16.0 Å². The summed E-state index contributed by atoms with van der Waals surface area (Å²) in [6.07, 6.45) is 0. The van der Waals surface area contributed by atoms with E-state index in [1.807, 2.05) is 37.3 Å². The number of benzene rings is 2. The van der Waals surface area contributed by atoms with Crippen LogP contribution in [0.4, 0.5) is 5.69 Å². The molecule has 2 aromatic rings. The van der Waals surface area contributed by atoms with Crippen molar-refractivity contribution in [1.29, 1.82) is 0 Å². The number of anilines is 1. The number of quaternary nitrogens is 1. The van der Waals surface area contributed by atoms with Crippen molar-refractivity contribution in [2.24, 2.45) is 0 Å². The molecule has 0 spiro atoms. The van der Waals surface area contributed by atoms with E-state index in [0.717, 1.165) is 44.1 Å². The molecule has 1 amide bonds. The van der Waals surface area contributed by atoms with Gasteiger partial charge < -0.3 is 19.7 Å². The molecule has 1 fully saturated rings. The van der Waals surface area contributed by atoms with Crippen molar-refractivity contribution < 1.29 is 19.2 Å². The largest absolute Gasteiger partial charge is 0.484 e. The predicted molar refractivity (Wildman–Crippen MR) is 102 cm³/mol. The number of morpholine rings is 1. The van der Waals surface area contributed by atoms with Crippen molar-refractivity contribution >= 4 is 11.6 Å². The number of ether oxygens (including phenoxy) is 2. The van der Waals surface area contributed by atoms with Crippen LogP contribution in [0.15, 0.2) is 42.5 Å². The average molecular weight is 355 g/mol. The molecular formula is C21H27N2O3+. The molecular weight excluding hydrogens is 328 g/mol. The second kappa shape index (κ2) is 8.83. The van der Waals surface area contributed by atoms with Crippen LogP contribution in [0, 0.1) is 13.8 Å². The van der Waals surface area contributed by atoms with Gasteiger partial charge in [-0.15, -0.1) is 0 Å². The zero-order valence-electron chi connectivity index (χ0n) is 15.5. The highest BCUT2D eigenvalue weighted by molar-refractivity contribution is 5.91. The van der Waals surface area contributed by atoms with Crippen LogP contribution in [0.2, 0.25) is 0 Å². The first kappa shape index (κ1) is 18.4. The van der Waals surface area contributed by atoms with Crippen LogP contribution in [0.3, 0.4) is 0 Å². The van der Waals surface area contributed by atoms with Gasteiger partial charge in [-0.05, 0) is 49.2 Å². The second-order valence-electron chi connectivity index (χ2n) is 6.82. The fraction of sp³-hybridized carbons (Fsp3) is 0.381. The zero-order valence-corrected chi connectivity index (χ0v) is 15.5. The molecule has 0 radical (unpaired) electrons. The van der Waals surface area contributed by atoms with Crippen molar-refractivity contribution in [2.45, 2.75) is 20.4 Å². The summed E-state index contributed by atoms with van der Waals surface area (Å²) in [6.45, 7) is 8.85. The molecule has 0 saturated carbocycles. The van der Waals surface area contributed by atoms with Crippen LogP contribution in [-0.4, -0.2) is 38.8 Å². The number of hydrogen-bond acceptors (Lipinski definition) is 3. The Balaban J connectivity index is 1.47. The van der Waals surface area contributed by atoms with Crippen LogP contribution in [0.1, 0.15) is 16.7 Å². The first-order chi connectivity index (χ1) is 12.6. The highest BCUT2D eigenvalue weighted by Crippen LogP contribution is 2.16. The summed E-state index contributed by atoms with van der Waals surface area (Å²) < 4.78 is 11.0. The van der Waals surface area contributed by atoms with Crippen molar-refractivity contribution in [3.05, 3.63) is 59.2 Å². The van der Waals surface area contributed by atoms with Gasteiger partial charge >= 0.3 is 0 Å². The first-order valence-corrected chi connectivity index (χ1v) is 9.10. The minimum Gasteiger partial charge on any atom is -0.484 e. The molecule has 2 aromatic carbocycles. The van der Waals surface area contributed by atoms with Gasteiger partial charge in [-0.25, -0.2) is 0 Å². The molecule has 2 N–H and O–H groups in total. The summed E-state index contributed by atoms with van der Waals surface area (Å²) in [4.78, 5) is 13.6. The Labute approximate surface area is 154 Å². The Morgan fingerprint density at radius 3 is 2.50 bits per heavy atom. The van der Waals surface area contributed by atoms with Crippen molar-refractivity contribution in [3.8, 4) is 5.75 Å². The zero-order chi connectivity index (χ0) is 18.4. The van der Waals surface area contributed by atoms with Gasteiger partial charge in [0.05, 0.1) is 13.2 Å². The first-order valence-electron chi connectivity index (χ1n) is 9.10. The third kappa shape index (κ3) is 5.31. The lowest BCUT2D eigenvalue weighted by atomic mass is 10.1. The van der Waals surface area contributed by atoms with E-state index in [-0.39, 0.29) is 12.5 Å². The number of rotatable bonds is 6. The number of nitrogens with one attached hydrogen (secondary N) is 2. The molecule has 0 unspecified atom stereocenters. The van der Waals surface area contributed by atoms with Crippen LogP contribution in [0.5, 0.6) is 5.75 Å². The van der Waals surface area contributed by atoms with E-state index in [9.17, 15) is 4.79 Å². The summed E-state index contributed by atoms with van der Waals surface area (Å²) in [5.74, 6) is 0.557. The molecule has 0 bridgehead atoms. The number of carbonyl (C=O) groups is 1. The fourth-order valence-corrected chi connectivity index (χ4v) is 2.98. The minimum absolute atomic E-state index is 0.00216. The van der Waals surface area contributed by atoms with Crippen molar-refractivity contribution in [2.75, 3.05) is 38.2 Å². The molecule has 1 saturated heterocycles. The van der Waals surface area contributed by atoms with Gasteiger partial charge in [0.1, 0.15) is 25.4 Å².